The summed E-state index contributed by atoms with van der Waals surface area (Å²) in [6.45, 7) is 4.83. The molecule has 1 atom stereocenters. The SMILES string of the molecule is CCC1CN(Cc2ccc(Br)cc2Cl)CC/C1=N\O. The van der Waals surface area contributed by atoms with Crippen molar-refractivity contribution < 1.29 is 5.21 Å². The van der Waals surface area contributed by atoms with E-state index in [0.717, 1.165) is 53.2 Å². The molecular formula is C14H18BrClN2O. The molecule has 0 bridgehead atoms. The fraction of sp³-hybridized carbons (Fsp3) is 0.500. The first-order chi connectivity index (χ1) is 9.13. The zero-order chi connectivity index (χ0) is 13.8. The zero-order valence-corrected chi connectivity index (χ0v) is 13.3. The molecule has 1 aliphatic heterocycles. The molecule has 0 saturated carbocycles. The van der Waals surface area contributed by atoms with Crippen LogP contribution in [0.2, 0.25) is 5.02 Å². The molecule has 1 heterocycles. The van der Waals surface area contributed by atoms with Crippen molar-refractivity contribution in [2.45, 2.75) is 26.3 Å². The van der Waals surface area contributed by atoms with E-state index in [1.807, 2.05) is 12.1 Å². The van der Waals surface area contributed by atoms with Crippen molar-refractivity contribution in [1.29, 1.82) is 0 Å². The van der Waals surface area contributed by atoms with Crippen molar-refractivity contribution in [2.24, 2.45) is 11.1 Å². The Kier molecular flexibility index (Phi) is 5.25. The lowest BCUT2D eigenvalue weighted by atomic mass is 9.93. The molecule has 19 heavy (non-hydrogen) atoms. The number of hydrogen-bond acceptors (Lipinski definition) is 3. The van der Waals surface area contributed by atoms with Crippen LogP contribution in [0, 0.1) is 5.92 Å². The normalized spacial score (nSPS) is 22.9. The first-order valence-electron chi connectivity index (χ1n) is 6.51. The second kappa shape index (κ2) is 6.73. The van der Waals surface area contributed by atoms with Crippen molar-refractivity contribution in [1.82, 2.24) is 4.90 Å². The summed E-state index contributed by atoms with van der Waals surface area (Å²) in [5.41, 5.74) is 2.07. The van der Waals surface area contributed by atoms with Crippen LogP contribution in [0.4, 0.5) is 0 Å². The minimum absolute atomic E-state index is 0.355. The van der Waals surface area contributed by atoms with E-state index in [1.54, 1.807) is 0 Å². The van der Waals surface area contributed by atoms with Crippen LogP contribution in [-0.2, 0) is 6.54 Å². The van der Waals surface area contributed by atoms with Crippen LogP contribution in [0.1, 0.15) is 25.3 Å². The van der Waals surface area contributed by atoms with E-state index in [0.29, 0.717) is 5.92 Å². The fourth-order valence-electron chi connectivity index (χ4n) is 2.52. The lowest BCUT2D eigenvalue weighted by molar-refractivity contribution is 0.220. The zero-order valence-electron chi connectivity index (χ0n) is 10.9. The van der Waals surface area contributed by atoms with Gasteiger partial charge in [-0.05, 0) is 24.1 Å². The summed E-state index contributed by atoms with van der Waals surface area (Å²) in [4.78, 5) is 2.37. The number of benzene rings is 1. The first-order valence-corrected chi connectivity index (χ1v) is 7.68. The van der Waals surface area contributed by atoms with Crippen molar-refractivity contribution in [3.8, 4) is 0 Å². The molecular weight excluding hydrogens is 328 g/mol. The number of halogens is 2. The lowest BCUT2D eigenvalue weighted by Crippen LogP contribution is -2.40. The maximum absolute atomic E-state index is 8.99. The molecule has 0 spiro atoms. The average molecular weight is 346 g/mol. The van der Waals surface area contributed by atoms with Crippen molar-refractivity contribution in [2.75, 3.05) is 13.1 Å². The van der Waals surface area contributed by atoms with Gasteiger partial charge in [-0.2, -0.15) is 0 Å². The number of rotatable bonds is 3. The molecule has 0 aromatic heterocycles. The fourth-order valence-corrected chi connectivity index (χ4v) is 3.25. The van der Waals surface area contributed by atoms with E-state index in [9.17, 15) is 0 Å². The molecule has 1 aliphatic rings. The van der Waals surface area contributed by atoms with E-state index in [2.05, 4.69) is 39.0 Å². The Hall–Kier alpha value is -0.580. The van der Waals surface area contributed by atoms with Gasteiger partial charge in [0.2, 0.25) is 0 Å². The largest absolute Gasteiger partial charge is 0.411 e. The highest BCUT2D eigenvalue weighted by Gasteiger charge is 2.25. The molecule has 1 aromatic rings. The Balaban J connectivity index is 2.04. The minimum Gasteiger partial charge on any atom is -0.411 e. The number of nitrogens with zero attached hydrogens (tertiary/aromatic N) is 2. The van der Waals surface area contributed by atoms with Gasteiger partial charge in [0.15, 0.2) is 0 Å². The van der Waals surface area contributed by atoms with Gasteiger partial charge in [-0.25, -0.2) is 0 Å². The summed E-state index contributed by atoms with van der Waals surface area (Å²) in [5, 5.41) is 13.2. The van der Waals surface area contributed by atoms with E-state index >= 15 is 0 Å². The minimum atomic E-state index is 0.355. The second-order valence-electron chi connectivity index (χ2n) is 4.92. The van der Waals surface area contributed by atoms with Gasteiger partial charge in [-0.15, -0.1) is 0 Å². The molecule has 1 unspecified atom stereocenters. The number of piperidine rings is 1. The Morgan fingerprint density at radius 2 is 2.32 bits per heavy atom. The molecule has 1 saturated heterocycles. The average Bonchev–Trinajstić information content (AvgIpc) is 2.41. The third kappa shape index (κ3) is 3.71. The molecule has 0 amide bonds. The molecule has 104 valence electrons. The van der Waals surface area contributed by atoms with Crippen LogP contribution in [0.25, 0.3) is 0 Å². The van der Waals surface area contributed by atoms with Crippen LogP contribution >= 0.6 is 27.5 Å². The smallest absolute Gasteiger partial charge is 0.0627 e. The predicted octanol–water partition coefficient (Wildman–Crippen LogP) is 4.16. The van der Waals surface area contributed by atoms with Crippen molar-refractivity contribution in [3.05, 3.63) is 33.3 Å². The van der Waals surface area contributed by atoms with Gasteiger partial charge < -0.3 is 5.21 Å². The van der Waals surface area contributed by atoms with Crippen LogP contribution in [0.15, 0.2) is 27.8 Å². The standard InChI is InChI=1S/C14H18BrClN2O/c1-2-10-8-18(6-5-14(10)17-19)9-11-3-4-12(15)7-13(11)16/h3-4,7,10,19H,2,5-6,8-9H2,1H3/b17-14+. The van der Waals surface area contributed by atoms with Gasteiger partial charge in [0, 0.05) is 41.5 Å². The maximum Gasteiger partial charge on any atom is 0.0627 e. The van der Waals surface area contributed by atoms with Crippen LogP contribution in [0.3, 0.4) is 0 Å². The molecule has 0 radical (unpaired) electrons. The molecule has 2 rings (SSSR count). The molecule has 1 aromatic carbocycles. The highest BCUT2D eigenvalue weighted by atomic mass is 79.9. The maximum atomic E-state index is 8.99. The second-order valence-corrected chi connectivity index (χ2v) is 6.24. The summed E-state index contributed by atoms with van der Waals surface area (Å²) >= 11 is 9.67. The van der Waals surface area contributed by atoms with Gasteiger partial charge in [0.1, 0.15) is 0 Å². The van der Waals surface area contributed by atoms with Crippen molar-refractivity contribution >= 4 is 33.2 Å². The Labute approximate surface area is 127 Å². The van der Waals surface area contributed by atoms with E-state index < -0.39 is 0 Å². The molecule has 3 nitrogen and oxygen atoms in total. The van der Waals surface area contributed by atoms with Gasteiger partial charge in [-0.3, -0.25) is 4.90 Å². The third-order valence-corrected chi connectivity index (χ3v) is 4.51. The van der Waals surface area contributed by atoms with E-state index in [-0.39, 0.29) is 0 Å². The van der Waals surface area contributed by atoms with Gasteiger partial charge in [0.25, 0.3) is 0 Å². The monoisotopic (exact) mass is 344 g/mol. The molecule has 5 heteroatoms. The quantitative estimate of drug-likeness (QED) is 0.659. The Morgan fingerprint density at radius 3 is 2.95 bits per heavy atom. The number of hydrogen-bond donors (Lipinski definition) is 1. The van der Waals surface area contributed by atoms with E-state index in [4.69, 9.17) is 16.8 Å². The lowest BCUT2D eigenvalue weighted by Gasteiger charge is -2.33. The van der Waals surface area contributed by atoms with Crippen molar-refractivity contribution in [3.63, 3.8) is 0 Å². The predicted molar refractivity (Wildman–Crippen MR) is 82.0 cm³/mol. The molecule has 0 aliphatic carbocycles. The summed E-state index contributed by atoms with van der Waals surface area (Å²) in [6.07, 6.45) is 1.84. The van der Waals surface area contributed by atoms with Gasteiger partial charge in [-0.1, -0.05) is 45.7 Å². The summed E-state index contributed by atoms with van der Waals surface area (Å²) < 4.78 is 1.00. The van der Waals surface area contributed by atoms with Gasteiger partial charge in [0.05, 0.1) is 5.71 Å². The Bertz CT molecular complexity index is 479. The summed E-state index contributed by atoms with van der Waals surface area (Å²) in [6, 6.07) is 6.00. The highest BCUT2D eigenvalue weighted by molar-refractivity contribution is 9.10. The molecule has 1 N–H and O–H groups in total. The number of likely N-dealkylation sites (tertiary alicyclic amines) is 1. The highest BCUT2D eigenvalue weighted by Crippen LogP contribution is 2.25. The van der Waals surface area contributed by atoms with Crippen LogP contribution in [0.5, 0.6) is 0 Å². The first kappa shape index (κ1) is 14.8. The number of oxime groups is 1. The summed E-state index contributed by atoms with van der Waals surface area (Å²) in [7, 11) is 0. The summed E-state index contributed by atoms with van der Waals surface area (Å²) in [5.74, 6) is 0.355. The topological polar surface area (TPSA) is 35.8 Å². The van der Waals surface area contributed by atoms with E-state index in [1.165, 1.54) is 0 Å². The third-order valence-electron chi connectivity index (χ3n) is 3.66. The van der Waals surface area contributed by atoms with Crippen LogP contribution in [-0.4, -0.2) is 28.9 Å². The van der Waals surface area contributed by atoms with Crippen LogP contribution < -0.4 is 0 Å². The molecule has 1 fully saturated rings. The van der Waals surface area contributed by atoms with Gasteiger partial charge >= 0.3 is 0 Å². The Morgan fingerprint density at radius 1 is 1.53 bits per heavy atom.